The van der Waals surface area contributed by atoms with E-state index in [2.05, 4.69) is 34.4 Å². The van der Waals surface area contributed by atoms with E-state index in [0.29, 0.717) is 5.56 Å². The zero-order valence-electron chi connectivity index (χ0n) is 16.8. The number of aryl methyl sites for hydroxylation is 1. The van der Waals surface area contributed by atoms with Crippen LogP contribution in [0.5, 0.6) is 0 Å². The Bertz CT molecular complexity index is 1130. The summed E-state index contributed by atoms with van der Waals surface area (Å²) in [7, 11) is 0. The number of aromatic nitrogens is 2. The Hall–Kier alpha value is -3.51. The van der Waals surface area contributed by atoms with Gasteiger partial charge in [0, 0.05) is 34.6 Å². The Balaban J connectivity index is 1.76. The average molecular weight is 415 g/mol. The third kappa shape index (κ3) is 4.23. The maximum absolute atomic E-state index is 12.9. The van der Waals surface area contributed by atoms with Gasteiger partial charge in [-0.1, -0.05) is 30.3 Å². The second kappa shape index (κ2) is 8.88. The van der Waals surface area contributed by atoms with E-state index >= 15 is 0 Å². The van der Waals surface area contributed by atoms with E-state index in [4.69, 9.17) is 0 Å². The number of anilines is 2. The van der Waals surface area contributed by atoms with Gasteiger partial charge in [0.1, 0.15) is 10.8 Å². The Morgan fingerprint density at radius 3 is 2.47 bits per heavy atom. The van der Waals surface area contributed by atoms with Crippen LogP contribution in [0.4, 0.5) is 10.8 Å². The lowest BCUT2D eigenvalue weighted by molar-refractivity contribution is 0.102. The second-order valence-corrected chi connectivity index (χ2v) is 8.15. The molecule has 5 nitrogen and oxygen atoms in total. The number of hydrogen-bond acceptors (Lipinski definition) is 5. The minimum Gasteiger partial charge on any atom is -0.359 e. The number of thiophene rings is 1. The van der Waals surface area contributed by atoms with Crippen molar-refractivity contribution in [1.29, 1.82) is 0 Å². The standard InChI is InChI=1S/C24H22N4OS/c1-16-17(2)30-24(28-23(29)18-9-4-3-5-10-18)21(16)22(19-11-8-13-25-15-19)27-20-12-6-7-14-26-20/h3-15,22H,1-2H3,(H,26,27)(H,28,29). The summed E-state index contributed by atoms with van der Waals surface area (Å²) in [6, 6.07) is 18.8. The van der Waals surface area contributed by atoms with E-state index < -0.39 is 0 Å². The molecule has 1 amide bonds. The highest BCUT2D eigenvalue weighted by Gasteiger charge is 2.25. The number of benzene rings is 1. The van der Waals surface area contributed by atoms with Gasteiger partial charge in [-0.3, -0.25) is 9.78 Å². The third-order valence-electron chi connectivity index (χ3n) is 4.96. The first-order valence-electron chi connectivity index (χ1n) is 9.67. The van der Waals surface area contributed by atoms with Crippen LogP contribution >= 0.6 is 11.3 Å². The Morgan fingerprint density at radius 2 is 1.77 bits per heavy atom. The number of carbonyl (C=O) groups excluding carboxylic acids is 1. The summed E-state index contributed by atoms with van der Waals surface area (Å²) in [6.07, 6.45) is 5.35. The molecule has 0 radical (unpaired) electrons. The van der Waals surface area contributed by atoms with E-state index in [1.807, 2.05) is 66.9 Å². The molecule has 0 aliphatic carbocycles. The zero-order chi connectivity index (χ0) is 20.9. The number of pyridine rings is 2. The highest BCUT2D eigenvalue weighted by molar-refractivity contribution is 7.16. The first-order chi connectivity index (χ1) is 14.6. The van der Waals surface area contributed by atoms with Gasteiger partial charge in [0.2, 0.25) is 0 Å². The largest absolute Gasteiger partial charge is 0.359 e. The fraction of sp³-hybridized carbons (Fsp3) is 0.125. The zero-order valence-corrected chi connectivity index (χ0v) is 17.6. The van der Waals surface area contributed by atoms with Gasteiger partial charge >= 0.3 is 0 Å². The van der Waals surface area contributed by atoms with Gasteiger partial charge in [-0.15, -0.1) is 11.3 Å². The molecular weight excluding hydrogens is 392 g/mol. The van der Waals surface area contributed by atoms with Crippen molar-refractivity contribution in [2.45, 2.75) is 19.9 Å². The molecule has 4 rings (SSSR count). The Labute approximate surface area is 179 Å². The molecule has 6 heteroatoms. The van der Waals surface area contributed by atoms with Crippen molar-refractivity contribution in [1.82, 2.24) is 9.97 Å². The Kier molecular flexibility index (Phi) is 5.86. The van der Waals surface area contributed by atoms with Crippen LogP contribution in [0, 0.1) is 13.8 Å². The molecule has 1 unspecified atom stereocenters. The minimum absolute atomic E-state index is 0.124. The predicted molar refractivity (Wildman–Crippen MR) is 122 cm³/mol. The molecule has 3 heterocycles. The predicted octanol–water partition coefficient (Wildman–Crippen LogP) is 5.61. The molecule has 30 heavy (non-hydrogen) atoms. The van der Waals surface area contributed by atoms with Crippen molar-refractivity contribution in [3.05, 3.63) is 106 Å². The lowest BCUT2D eigenvalue weighted by atomic mass is 9.97. The third-order valence-corrected chi connectivity index (χ3v) is 6.10. The highest BCUT2D eigenvalue weighted by atomic mass is 32.1. The van der Waals surface area contributed by atoms with Gasteiger partial charge in [0.05, 0.1) is 6.04 Å². The maximum Gasteiger partial charge on any atom is 0.256 e. The smallest absolute Gasteiger partial charge is 0.256 e. The van der Waals surface area contributed by atoms with Gasteiger partial charge in [-0.2, -0.15) is 0 Å². The molecule has 1 aromatic carbocycles. The van der Waals surface area contributed by atoms with Crippen LogP contribution in [0.2, 0.25) is 0 Å². The van der Waals surface area contributed by atoms with E-state index in [1.165, 1.54) is 0 Å². The van der Waals surface area contributed by atoms with Crippen molar-refractivity contribution in [2.24, 2.45) is 0 Å². The molecule has 0 spiro atoms. The maximum atomic E-state index is 12.9. The number of amides is 1. The number of hydrogen-bond donors (Lipinski definition) is 2. The molecule has 0 saturated carbocycles. The molecule has 0 saturated heterocycles. The summed E-state index contributed by atoms with van der Waals surface area (Å²) < 4.78 is 0. The number of nitrogens with zero attached hydrogens (tertiary/aromatic N) is 2. The first kappa shape index (κ1) is 19.8. The molecule has 0 aliphatic rings. The van der Waals surface area contributed by atoms with Gasteiger partial charge < -0.3 is 10.6 Å². The molecule has 3 aromatic heterocycles. The van der Waals surface area contributed by atoms with Gasteiger partial charge in [-0.05, 0) is 55.3 Å². The summed E-state index contributed by atoms with van der Waals surface area (Å²) in [5, 5.41) is 7.48. The fourth-order valence-electron chi connectivity index (χ4n) is 3.31. The van der Waals surface area contributed by atoms with Crippen LogP contribution in [-0.2, 0) is 0 Å². The van der Waals surface area contributed by atoms with Crippen LogP contribution in [0.15, 0.2) is 79.3 Å². The van der Waals surface area contributed by atoms with Crippen molar-refractivity contribution >= 4 is 28.1 Å². The summed E-state index contributed by atoms with van der Waals surface area (Å²) in [5.74, 6) is 0.635. The van der Waals surface area contributed by atoms with Gasteiger partial charge in [0.25, 0.3) is 5.91 Å². The van der Waals surface area contributed by atoms with Crippen molar-refractivity contribution < 1.29 is 4.79 Å². The normalized spacial score (nSPS) is 11.7. The number of nitrogens with one attached hydrogen (secondary N) is 2. The highest BCUT2D eigenvalue weighted by Crippen LogP contribution is 2.40. The quantitative estimate of drug-likeness (QED) is 0.430. The number of carbonyl (C=O) groups is 1. The van der Waals surface area contributed by atoms with Gasteiger partial charge in [-0.25, -0.2) is 4.98 Å². The average Bonchev–Trinajstić information content (AvgIpc) is 3.07. The summed E-state index contributed by atoms with van der Waals surface area (Å²) in [6.45, 7) is 4.16. The van der Waals surface area contributed by atoms with Crippen LogP contribution in [0.25, 0.3) is 0 Å². The lowest BCUT2D eigenvalue weighted by Crippen LogP contribution is -2.18. The molecule has 2 N–H and O–H groups in total. The number of rotatable bonds is 6. The molecule has 0 bridgehead atoms. The van der Waals surface area contributed by atoms with Crippen molar-refractivity contribution in [3.8, 4) is 0 Å². The molecule has 0 aliphatic heterocycles. The second-order valence-electron chi connectivity index (χ2n) is 6.92. The monoisotopic (exact) mass is 414 g/mol. The molecule has 0 fully saturated rings. The molecule has 4 aromatic rings. The SMILES string of the molecule is Cc1sc(NC(=O)c2ccccc2)c(C(Nc2ccccn2)c2cccnc2)c1C. The van der Waals surface area contributed by atoms with Gasteiger partial charge in [0.15, 0.2) is 0 Å². The lowest BCUT2D eigenvalue weighted by Gasteiger charge is -2.22. The Morgan fingerprint density at radius 1 is 0.967 bits per heavy atom. The topological polar surface area (TPSA) is 66.9 Å². The molecular formula is C24H22N4OS. The van der Waals surface area contributed by atoms with E-state index in [-0.39, 0.29) is 11.9 Å². The first-order valence-corrected chi connectivity index (χ1v) is 10.5. The molecule has 1 atom stereocenters. The minimum atomic E-state index is -0.204. The molecule has 150 valence electrons. The summed E-state index contributed by atoms with van der Waals surface area (Å²) in [4.78, 5) is 22.7. The van der Waals surface area contributed by atoms with Crippen molar-refractivity contribution in [3.63, 3.8) is 0 Å². The summed E-state index contributed by atoms with van der Waals surface area (Å²) in [5.41, 5.74) is 3.79. The van der Waals surface area contributed by atoms with Crippen LogP contribution in [0.3, 0.4) is 0 Å². The van der Waals surface area contributed by atoms with E-state index in [1.54, 1.807) is 23.7 Å². The fourth-order valence-corrected chi connectivity index (χ4v) is 4.41. The van der Waals surface area contributed by atoms with E-state index in [9.17, 15) is 4.79 Å². The van der Waals surface area contributed by atoms with Crippen LogP contribution in [-0.4, -0.2) is 15.9 Å². The van der Waals surface area contributed by atoms with Crippen LogP contribution in [0.1, 0.15) is 38.0 Å². The van der Waals surface area contributed by atoms with Crippen LogP contribution < -0.4 is 10.6 Å². The van der Waals surface area contributed by atoms with Crippen molar-refractivity contribution in [2.75, 3.05) is 10.6 Å². The van der Waals surface area contributed by atoms with E-state index in [0.717, 1.165) is 32.4 Å². The summed E-state index contributed by atoms with van der Waals surface area (Å²) >= 11 is 1.58.